The Balaban J connectivity index is 2.22. The van der Waals surface area contributed by atoms with Crippen molar-refractivity contribution >= 4 is 5.69 Å². The maximum absolute atomic E-state index is 5.80. The summed E-state index contributed by atoms with van der Waals surface area (Å²) < 4.78 is 20.9. The molecule has 0 aliphatic carbocycles. The minimum atomic E-state index is 0.560. The second kappa shape index (κ2) is 8.60. The predicted molar refractivity (Wildman–Crippen MR) is 70.2 cm³/mol. The molecule has 0 bridgehead atoms. The lowest BCUT2D eigenvalue weighted by Gasteiger charge is -2.10. The van der Waals surface area contributed by atoms with Crippen LogP contribution in [0.1, 0.15) is 6.42 Å². The molecule has 0 fully saturated rings. The van der Waals surface area contributed by atoms with Crippen LogP contribution >= 0.6 is 0 Å². The molecule has 0 aromatic heterocycles. The predicted octanol–water partition coefficient (Wildman–Crippen LogP) is 1.71. The zero-order valence-electron chi connectivity index (χ0n) is 11.0. The molecule has 0 amide bonds. The van der Waals surface area contributed by atoms with Crippen molar-refractivity contribution in [2.75, 3.05) is 46.4 Å². The summed E-state index contributed by atoms with van der Waals surface area (Å²) in [5.41, 5.74) is 6.40. The van der Waals surface area contributed by atoms with Crippen molar-refractivity contribution in [3.8, 4) is 11.5 Å². The van der Waals surface area contributed by atoms with E-state index in [0.29, 0.717) is 37.9 Å². The Morgan fingerprint density at radius 3 is 2.61 bits per heavy atom. The maximum Gasteiger partial charge on any atom is 0.145 e. The van der Waals surface area contributed by atoms with Crippen LogP contribution in [0.15, 0.2) is 18.2 Å². The Bertz CT molecular complexity index is 344. The summed E-state index contributed by atoms with van der Waals surface area (Å²) in [5.74, 6) is 1.38. The van der Waals surface area contributed by atoms with Gasteiger partial charge < -0.3 is 24.7 Å². The van der Waals surface area contributed by atoms with E-state index in [9.17, 15) is 0 Å². The van der Waals surface area contributed by atoms with Crippen LogP contribution in [-0.4, -0.2) is 40.6 Å². The van der Waals surface area contributed by atoms with Gasteiger partial charge in [0.15, 0.2) is 0 Å². The summed E-state index contributed by atoms with van der Waals surface area (Å²) in [6.07, 6.45) is 0.806. The second-order valence-corrected chi connectivity index (χ2v) is 3.71. The molecule has 0 aliphatic rings. The number of methoxy groups -OCH3 is 2. The highest BCUT2D eigenvalue weighted by Gasteiger charge is 2.02. The zero-order chi connectivity index (χ0) is 13.2. The average Bonchev–Trinajstić information content (AvgIpc) is 2.39. The van der Waals surface area contributed by atoms with E-state index in [4.69, 9.17) is 24.7 Å². The van der Waals surface area contributed by atoms with Crippen molar-refractivity contribution in [2.24, 2.45) is 0 Å². The first-order chi connectivity index (χ1) is 8.77. The molecular formula is C13H21NO4. The van der Waals surface area contributed by atoms with E-state index in [1.54, 1.807) is 32.4 Å². The van der Waals surface area contributed by atoms with Crippen LogP contribution in [0.3, 0.4) is 0 Å². The third kappa shape index (κ3) is 5.25. The summed E-state index contributed by atoms with van der Waals surface area (Å²) in [6.45, 7) is 2.43. The summed E-state index contributed by atoms with van der Waals surface area (Å²) in [7, 11) is 3.26. The molecule has 0 atom stereocenters. The monoisotopic (exact) mass is 255 g/mol. The number of hydrogen-bond acceptors (Lipinski definition) is 5. The van der Waals surface area contributed by atoms with Crippen molar-refractivity contribution in [3.63, 3.8) is 0 Å². The smallest absolute Gasteiger partial charge is 0.145 e. The molecule has 2 N–H and O–H groups in total. The van der Waals surface area contributed by atoms with Gasteiger partial charge in [-0.05, 0) is 12.1 Å². The number of anilines is 1. The molecule has 0 radical (unpaired) electrons. The lowest BCUT2D eigenvalue weighted by molar-refractivity contribution is 0.0644. The molecule has 18 heavy (non-hydrogen) atoms. The van der Waals surface area contributed by atoms with E-state index in [1.165, 1.54) is 0 Å². The van der Waals surface area contributed by atoms with Crippen LogP contribution in [-0.2, 0) is 9.47 Å². The van der Waals surface area contributed by atoms with Gasteiger partial charge in [-0.2, -0.15) is 0 Å². The van der Waals surface area contributed by atoms with Gasteiger partial charge in [-0.1, -0.05) is 0 Å². The van der Waals surface area contributed by atoms with Gasteiger partial charge in [-0.15, -0.1) is 0 Å². The van der Waals surface area contributed by atoms with Crippen LogP contribution in [0.25, 0.3) is 0 Å². The summed E-state index contributed by atoms with van der Waals surface area (Å²) in [6, 6.07) is 5.35. The van der Waals surface area contributed by atoms with Gasteiger partial charge in [0.05, 0.1) is 32.6 Å². The highest BCUT2D eigenvalue weighted by molar-refractivity contribution is 5.55. The molecule has 1 aromatic carbocycles. The molecule has 0 unspecified atom stereocenters. The van der Waals surface area contributed by atoms with Crippen molar-refractivity contribution in [1.82, 2.24) is 0 Å². The minimum absolute atomic E-state index is 0.560. The quantitative estimate of drug-likeness (QED) is 0.537. The largest absolute Gasteiger partial charge is 0.497 e. The van der Waals surface area contributed by atoms with E-state index >= 15 is 0 Å². The molecule has 1 aromatic rings. The van der Waals surface area contributed by atoms with Gasteiger partial charge in [0, 0.05) is 26.2 Å². The van der Waals surface area contributed by atoms with Gasteiger partial charge in [-0.25, -0.2) is 0 Å². The molecule has 5 nitrogen and oxygen atoms in total. The Kier molecular flexibility index (Phi) is 6.98. The van der Waals surface area contributed by atoms with E-state index in [2.05, 4.69) is 0 Å². The van der Waals surface area contributed by atoms with E-state index in [-0.39, 0.29) is 0 Å². The normalized spacial score (nSPS) is 10.3. The zero-order valence-corrected chi connectivity index (χ0v) is 11.0. The van der Waals surface area contributed by atoms with Crippen molar-refractivity contribution in [1.29, 1.82) is 0 Å². The van der Waals surface area contributed by atoms with E-state index in [1.807, 2.05) is 0 Å². The standard InChI is InChI=1S/C13H21NO4/c1-15-8-9-17-6-3-7-18-13-10-11(16-2)4-5-12(13)14/h4-5,10H,3,6-9,14H2,1-2H3. The molecule has 0 spiro atoms. The van der Waals surface area contributed by atoms with E-state index < -0.39 is 0 Å². The van der Waals surface area contributed by atoms with E-state index in [0.717, 1.165) is 12.2 Å². The fourth-order valence-corrected chi connectivity index (χ4v) is 1.35. The van der Waals surface area contributed by atoms with Crippen molar-refractivity contribution in [2.45, 2.75) is 6.42 Å². The summed E-state index contributed by atoms with van der Waals surface area (Å²) in [4.78, 5) is 0. The van der Waals surface area contributed by atoms with Crippen LogP contribution in [0.5, 0.6) is 11.5 Å². The number of ether oxygens (including phenoxy) is 4. The Labute approximate surface area is 108 Å². The highest BCUT2D eigenvalue weighted by Crippen LogP contribution is 2.26. The van der Waals surface area contributed by atoms with Crippen LogP contribution in [0.2, 0.25) is 0 Å². The third-order valence-corrected chi connectivity index (χ3v) is 2.34. The molecule has 1 rings (SSSR count). The Hall–Kier alpha value is -1.46. The van der Waals surface area contributed by atoms with Gasteiger partial charge in [-0.3, -0.25) is 0 Å². The van der Waals surface area contributed by atoms with Crippen molar-refractivity contribution < 1.29 is 18.9 Å². The Morgan fingerprint density at radius 2 is 1.89 bits per heavy atom. The van der Waals surface area contributed by atoms with Gasteiger partial charge >= 0.3 is 0 Å². The molecule has 0 heterocycles. The molecule has 102 valence electrons. The maximum atomic E-state index is 5.80. The van der Waals surface area contributed by atoms with Crippen LogP contribution in [0, 0.1) is 0 Å². The molecule has 0 aliphatic heterocycles. The van der Waals surface area contributed by atoms with Gasteiger partial charge in [0.1, 0.15) is 11.5 Å². The SMILES string of the molecule is COCCOCCCOc1cc(OC)ccc1N. The van der Waals surface area contributed by atoms with Crippen molar-refractivity contribution in [3.05, 3.63) is 18.2 Å². The number of benzene rings is 1. The molecule has 5 heteroatoms. The molecule has 0 saturated heterocycles. The number of nitrogens with two attached hydrogens (primary N) is 1. The summed E-state index contributed by atoms with van der Waals surface area (Å²) in [5, 5.41) is 0. The fraction of sp³-hybridized carbons (Fsp3) is 0.538. The minimum Gasteiger partial charge on any atom is -0.497 e. The Morgan fingerprint density at radius 1 is 1.06 bits per heavy atom. The lowest BCUT2D eigenvalue weighted by Crippen LogP contribution is -2.07. The second-order valence-electron chi connectivity index (χ2n) is 3.71. The molecular weight excluding hydrogens is 234 g/mol. The third-order valence-electron chi connectivity index (χ3n) is 2.34. The number of nitrogen functional groups attached to an aromatic ring is 1. The highest BCUT2D eigenvalue weighted by atomic mass is 16.5. The molecule has 0 saturated carbocycles. The lowest BCUT2D eigenvalue weighted by atomic mass is 10.3. The van der Waals surface area contributed by atoms with Gasteiger partial charge in [0.25, 0.3) is 0 Å². The van der Waals surface area contributed by atoms with Crippen LogP contribution < -0.4 is 15.2 Å². The first kappa shape index (κ1) is 14.6. The van der Waals surface area contributed by atoms with Crippen LogP contribution in [0.4, 0.5) is 5.69 Å². The summed E-state index contributed by atoms with van der Waals surface area (Å²) >= 11 is 0. The fourth-order valence-electron chi connectivity index (χ4n) is 1.35. The number of hydrogen-bond donors (Lipinski definition) is 1. The first-order valence-corrected chi connectivity index (χ1v) is 5.91. The topological polar surface area (TPSA) is 62.9 Å². The first-order valence-electron chi connectivity index (χ1n) is 5.91. The number of rotatable bonds is 9. The van der Waals surface area contributed by atoms with Gasteiger partial charge in [0.2, 0.25) is 0 Å². The average molecular weight is 255 g/mol.